The number of hydrogen-bond acceptors (Lipinski definition) is 4. The summed E-state index contributed by atoms with van der Waals surface area (Å²) in [5.41, 5.74) is 2.39. The smallest absolute Gasteiger partial charge is 0.279 e. The topological polar surface area (TPSA) is 71.7 Å². The first-order valence-corrected chi connectivity index (χ1v) is 13.3. The second-order valence-electron chi connectivity index (χ2n) is 8.20. The van der Waals surface area contributed by atoms with Crippen molar-refractivity contribution in [1.82, 2.24) is 8.87 Å². The molecule has 2 heterocycles. The number of benzene rings is 2. The van der Waals surface area contributed by atoms with Crippen LogP contribution in [-0.4, -0.2) is 36.3 Å². The lowest BCUT2D eigenvalue weighted by Crippen LogP contribution is -2.37. The Balaban J connectivity index is 1.65. The molecule has 9 heteroatoms. The molecule has 32 heavy (non-hydrogen) atoms. The Bertz CT molecular complexity index is 1330. The largest absolute Gasteiger partial charge is 0.316 e. The Morgan fingerprint density at radius 1 is 1.16 bits per heavy atom. The molecule has 1 amide bonds. The maximum absolute atomic E-state index is 12.9. The Morgan fingerprint density at radius 2 is 1.81 bits per heavy atom. The van der Waals surface area contributed by atoms with Crippen LogP contribution in [0.4, 0.5) is 0 Å². The zero-order valence-electron chi connectivity index (χ0n) is 18.3. The van der Waals surface area contributed by atoms with Gasteiger partial charge in [0, 0.05) is 25.2 Å². The Morgan fingerprint density at radius 3 is 2.44 bits per heavy atom. The Hall–Kier alpha value is -2.00. The summed E-state index contributed by atoms with van der Waals surface area (Å²) in [5.74, 6) is 0.129. The number of piperidine rings is 1. The lowest BCUT2D eigenvalue weighted by molar-refractivity contribution is 0.0997. The van der Waals surface area contributed by atoms with E-state index < -0.39 is 15.9 Å². The van der Waals surface area contributed by atoms with Crippen molar-refractivity contribution in [3.05, 3.63) is 57.3 Å². The number of carbonyl (C=O) groups is 1. The van der Waals surface area contributed by atoms with Crippen LogP contribution in [0.15, 0.2) is 46.3 Å². The number of carbonyl (C=O) groups excluding carboxylic acids is 1. The van der Waals surface area contributed by atoms with Gasteiger partial charge in [-0.1, -0.05) is 35.9 Å². The third-order valence-electron chi connectivity index (χ3n) is 5.97. The molecular formula is C23H26ClN3O3S2. The van der Waals surface area contributed by atoms with Gasteiger partial charge in [-0.05, 0) is 68.5 Å². The molecule has 170 valence electrons. The van der Waals surface area contributed by atoms with Crippen molar-refractivity contribution in [3.63, 3.8) is 0 Å². The first-order chi connectivity index (χ1) is 15.2. The summed E-state index contributed by atoms with van der Waals surface area (Å²) >= 11 is 7.75. The van der Waals surface area contributed by atoms with Crippen LogP contribution in [0.3, 0.4) is 0 Å². The fraction of sp³-hybridized carbons (Fsp3) is 0.391. The van der Waals surface area contributed by atoms with E-state index in [0.29, 0.717) is 40.9 Å². The Labute approximate surface area is 197 Å². The number of hydrogen-bond donors (Lipinski definition) is 0. The summed E-state index contributed by atoms with van der Waals surface area (Å²) in [7, 11) is -3.55. The van der Waals surface area contributed by atoms with Gasteiger partial charge in [-0.25, -0.2) is 8.42 Å². The molecule has 1 aliphatic heterocycles. The summed E-state index contributed by atoms with van der Waals surface area (Å²) in [6.07, 6.45) is 1.73. The van der Waals surface area contributed by atoms with Crippen molar-refractivity contribution >= 4 is 49.1 Å². The summed E-state index contributed by atoms with van der Waals surface area (Å²) in [5, 5.41) is 0.633. The normalized spacial score (nSPS) is 16.7. The van der Waals surface area contributed by atoms with Gasteiger partial charge in [0.1, 0.15) is 0 Å². The average Bonchev–Trinajstić information content (AvgIpc) is 3.16. The molecule has 0 radical (unpaired) electrons. The molecule has 2 aromatic carbocycles. The molecule has 3 aromatic rings. The number of sulfonamides is 1. The molecule has 0 bridgehead atoms. The van der Waals surface area contributed by atoms with Gasteiger partial charge in [-0.15, -0.1) is 0 Å². The SMILES string of the molecule is CCn1c(=NC(=O)c2ccc(S(=O)(=O)N3CCC(C)CC3)cc2)sc2c(Cl)ccc(C)c21. The highest BCUT2D eigenvalue weighted by Gasteiger charge is 2.28. The number of aryl methyl sites for hydroxylation is 2. The highest BCUT2D eigenvalue weighted by atomic mass is 35.5. The number of aromatic nitrogens is 1. The molecule has 0 saturated carbocycles. The van der Waals surface area contributed by atoms with Crippen LogP contribution in [0.25, 0.3) is 10.2 Å². The first-order valence-electron chi connectivity index (χ1n) is 10.7. The number of amides is 1. The van der Waals surface area contributed by atoms with Gasteiger partial charge in [0.15, 0.2) is 4.80 Å². The molecule has 0 N–H and O–H groups in total. The zero-order chi connectivity index (χ0) is 23.0. The maximum Gasteiger partial charge on any atom is 0.279 e. The second-order valence-corrected chi connectivity index (χ2v) is 11.5. The summed E-state index contributed by atoms with van der Waals surface area (Å²) < 4.78 is 30.2. The van der Waals surface area contributed by atoms with Crippen molar-refractivity contribution in [1.29, 1.82) is 0 Å². The minimum Gasteiger partial charge on any atom is -0.316 e. The fourth-order valence-corrected chi connectivity index (χ4v) is 6.90. The molecule has 1 aliphatic rings. The van der Waals surface area contributed by atoms with Crippen LogP contribution in [0, 0.1) is 12.8 Å². The van der Waals surface area contributed by atoms with E-state index in [1.807, 2.05) is 30.5 Å². The number of fused-ring (bicyclic) bond motifs is 1. The molecule has 6 nitrogen and oxygen atoms in total. The summed E-state index contributed by atoms with van der Waals surface area (Å²) in [6.45, 7) is 7.86. The number of thiazole rings is 1. The molecule has 4 rings (SSSR count). The molecule has 0 atom stereocenters. The van der Waals surface area contributed by atoms with E-state index in [-0.39, 0.29) is 4.90 Å². The van der Waals surface area contributed by atoms with Gasteiger partial charge in [-0.3, -0.25) is 4.79 Å². The predicted octanol–water partition coefficient (Wildman–Crippen LogP) is 4.85. The zero-order valence-corrected chi connectivity index (χ0v) is 20.7. The lowest BCUT2D eigenvalue weighted by Gasteiger charge is -2.29. The van der Waals surface area contributed by atoms with Crippen molar-refractivity contribution in [2.75, 3.05) is 13.1 Å². The van der Waals surface area contributed by atoms with Gasteiger partial charge in [0.2, 0.25) is 10.0 Å². The van der Waals surface area contributed by atoms with Gasteiger partial charge < -0.3 is 4.57 Å². The molecular weight excluding hydrogens is 466 g/mol. The van der Waals surface area contributed by atoms with Crippen molar-refractivity contribution in [3.8, 4) is 0 Å². The number of halogens is 1. The van der Waals surface area contributed by atoms with Crippen molar-refractivity contribution in [2.24, 2.45) is 10.9 Å². The highest BCUT2D eigenvalue weighted by molar-refractivity contribution is 7.89. The van der Waals surface area contributed by atoms with Gasteiger partial charge in [0.25, 0.3) is 5.91 Å². The molecule has 1 fully saturated rings. The van der Waals surface area contributed by atoms with E-state index in [0.717, 1.165) is 28.6 Å². The van der Waals surface area contributed by atoms with Gasteiger partial charge in [0.05, 0.1) is 20.1 Å². The van der Waals surface area contributed by atoms with Crippen LogP contribution < -0.4 is 4.80 Å². The van der Waals surface area contributed by atoms with Crippen molar-refractivity contribution < 1.29 is 13.2 Å². The second kappa shape index (κ2) is 9.09. The van der Waals surface area contributed by atoms with Crippen molar-refractivity contribution in [2.45, 2.75) is 45.1 Å². The summed E-state index contributed by atoms with van der Waals surface area (Å²) in [4.78, 5) is 18.0. The van der Waals surface area contributed by atoms with E-state index in [2.05, 4.69) is 11.9 Å². The van der Waals surface area contributed by atoms with Crippen LogP contribution in [0.5, 0.6) is 0 Å². The first kappa shape index (κ1) is 23.2. The average molecular weight is 492 g/mol. The molecule has 1 aromatic heterocycles. The third kappa shape index (κ3) is 4.29. The van der Waals surface area contributed by atoms with E-state index in [9.17, 15) is 13.2 Å². The number of nitrogens with zero attached hydrogens (tertiary/aromatic N) is 3. The van der Waals surface area contributed by atoms with Gasteiger partial charge >= 0.3 is 0 Å². The number of rotatable bonds is 4. The van der Waals surface area contributed by atoms with Crippen LogP contribution >= 0.6 is 22.9 Å². The van der Waals surface area contributed by atoms with Gasteiger partial charge in [-0.2, -0.15) is 9.30 Å². The van der Waals surface area contributed by atoms with E-state index in [4.69, 9.17) is 11.6 Å². The van der Waals surface area contributed by atoms with E-state index in [1.165, 1.54) is 39.9 Å². The molecule has 0 aliphatic carbocycles. The minimum absolute atomic E-state index is 0.205. The third-order valence-corrected chi connectivity index (χ3v) is 9.43. The van der Waals surface area contributed by atoms with E-state index >= 15 is 0 Å². The minimum atomic E-state index is -3.55. The van der Waals surface area contributed by atoms with Crippen LogP contribution in [-0.2, 0) is 16.6 Å². The van der Waals surface area contributed by atoms with Crippen LogP contribution in [0.1, 0.15) is 42.6 Å². The van der Waals surface area contributed by atoms with Crippen LogP contribution in [0.2, 0.25) is 5.02 Å². The summed E-state index contributed by atoms with van der Waals surface area (Å²) in [6, 6.07) is 9.87. The van der Waals surface area contributed by atoms with E-state index in [1.54, 1.807) is 0 Å². The Kier molecular flexibility index (Phi) is 6.58. The predicted molar refractivity (Wildman–Crippen MR) is 129 cm³/mol. The fourth-order valence-electron chi connectivity index (χ4n) is 3.99. The molecule has 0 spiro atoms. The monoisotopic (exact) mass is 491 g/mol. The quantitative estimate of drug-likeness (QED) is 0.524. The standard InChI is InChI=1S/C23H26ClN3O3S2/c1-4-27-20-16(3)5-10-19(24)21(20)31-23(27)25-22(28)17-6-8-18(9-7-17)32(29,30)26-13-11-15(2)12-14-26/h5-10,15H,4,11-14H2,1-3H3. The molecule has 0 unspecified atom stereocenters. The maximum atomic E-state index is 12.9. The lowest BCUT2D eigenvalue weighted by atomic mass is 10.0. The highest BCUT2D eigenvalue weighted by Crippen LogP contribution is 2.29. The molecule has 1 saturated heterocycles.